The van der Waals surface area contributed by atoms with Crippen LogP contribution in [0.1, 0.15) is 25.8 Å². The van der Waals surface area contributed by atoms with Gasteiger partial charge in [-0.3, -0.25) is 4.90 Å². The molecule has 2 aliphatic rings. The Kier molecular flexibility index (Phi) is 3.74. The zero-order chi connectivity index (χ0) is 14.1. The number of benzene rings is 1. The molecule has 20 heavy (non-hydrogen) atoms. The van der Waals surface area contributed by atoms with Crippen molar-refractivity contribution >= 4 is 5.69 Å². The molecule has 1 saturated heterocycles. The Morgan fingerprint density at radius 3 is 2.35 bits per heavy atom. The van der Waals surface area contributed by atoms with Crippen molar-refractivity contribution in [3.05, 3.63) is 17.7 Å². The molecule has 0 aromatic heterocycles. The van der Waals surface area contributed by atoms with Crippen LogP contribution in [0.3, 0.4) is 0 Å². The van der Waals surface area contributed by atoms with Crippen molar-refractivity contribution < 1.29 is 9.47 Å². The summed E-state index contributed by atoms with van der Waals surface area (Å²) in [5.74, 6) is 3.13. The molecular weight excluding hydrogens is 252 g/mol. The molecule has 2 unspecified atom stereocenters. The second-order valence-electron chi connectivity index (χ2n) is 6.33. The lowest BCUT2D eigenvalue weighted by atomic mass is 9.91. The maximum atomic E-state index is 6.17. The maximum absolute atomic E-state index is 6.17. The number of nitrogens with two attached hydrogens (primary N) is 1. The summed E-state index contributed by atoms with van der Waals surface area (Å²) in [7, 11) is 0. The number of hydrogen-bond donors (Lipinski definition) is 1. The third-order valence-electron chi connectivity index (χ3n) is 4.14. The number of nitrogens with zero attached hydrogens (tertiary/aromatic N) is 1. The summed E-state index contributed by atoms with van der Waals surface area (Å²) in [5, 5.41) is 0. The van der Waals surface area contributed by atoms with Crippen molar-refractivity contribution in [1.82, 2.24) is 4.90 Å². The van der Waals surface area contributed by atoms with Gasteiger partial charge in [-0.15, -0.1) is 0 Å². The summed E-state index contributed by atoms with van der Waals surface area (Å²) in [6, 6.07) is 3.95. The Bertz CT molecular complexity index is 480. The van der Waals surface area contributed by atoms with Crippen LogP contribution < -0.4 is 15.2 Å². The van der Waals surface area contributed by atoms with Gasteiger partial charge >= 0.3 is 0 Å². The highest BCUT2D eigenvalue weighted by molar-refractivity contribution is 5.58. The summed E-state index contributed by atoms with van der Waals surface area (Å²) >= 11 is 0. The van der Waals surface area contributed by atoms with Gasteiger partial charge in [-0.1, -0.05) is 13.8 Å². The minimum Gasteiger partial charge on any atom is -0.486 e. The van der Waals surface area contributed by atoms with E-state index in [4.69, 9.17) is 15.2 Å². The minimum atomic E-state index is 0.604. The van der Waals surface area contributed by atoms with Crippen LogP contribution in [0.5, 0.6) is 11.5 Å². The van der Waals surface area contributed by atoms with E-state index in [0.717, 1.165) is 54.2 Å². The Balaban J connectivity index is 1.76. The smallest absolute Gasteiger partial charge is 0.163 e. The number of likely N-dealkylation sites (tertiary alicyclic amines) is 1. The average molecular weight is 276 g/mol. The lowest BCUT2D eigenvalue weighted by molar-refractivity contribution is 0.134. The molecule has 1 aromatic rings. The number of anilines is 1. The molecular formula is C16H24N2O2. The first-order valence-corrected chi connectivity index (χ1v) is 7.52. The van der Waals surface area contributed by atoms with Gasteiger partial charge in [0, 0.05) is 31.4 Å². The summed E-state index contributed by atoms with van der Waals surface area (Å²) in [6.07, 6.45) is 1.33. The van der Waals surface area contributed by atoms with E-state index in [9.17, 15) is 0 Å². The fourth-order valence-electron chi connectivity index (χ4n) is 3.45. The molecule has 4 nitrogen and oxygen atoms in total. The number of fused-ring (bicyclic) bond motifs is 1. The summed E-state index contributed by atoms with van der Waals surface area (Å²) in [4.78, 5) is 2.50. The van der Waals surface area contributed by atoms with Crippen molar-refractivity contribution in [2.45, 2.75) is 26.8 Å². The van der Waals surface area contributed by atoms with E-state index in [1.165, 1.54) is 6.42 Å². The van der Waals surface area contributed by atoms with Gasteiger partial charge in [0.05, 0.1) is 0 Å². The van der Waals surface area contributed by atoms with Crippen molar-refractivity contribution in [2.75, 3.05) is 32.0 Å². The lowest BCUT2D eigenvalue weighted by Gasteiger charge is -2.35. The summed E-state index contributed by atoms with van der Waals surface area (Å²) in [5.41, 5.74) is 8.12. The van der Waals surface area contributed by atoms with Gasteiger partial charge < -0.3 is 15.2 Å². The van der Waals surface area contributed by atoms with Crippen molar-refractivity contribution in [1.29, 1.82) is 0 Å². The molecule has 0 aliphatic carbocycles. The van der Waals surface area contributed by atoms with E-state index in [1.807, 2.05) is 12.1 Å². The number of nitrogen functional groups attached to an aromatic ring is 1. The summed E-state index contributed by atoms with van der Waals surface area (Å²) < 4.78 is 11.2. The molecule has 1 aromatic carbocycles. The average Bonchev–Trinajstić information content (AvgIpc) is 2.38. The lowest BCUT2D eigenvalue weighted by Crippen LogP contribution is -2.38. The molecule has 0 saturated carbocycles. The number of piperidine rings is 1. The molecule has 0 radical (unpaired) electrons. The molecule has 4 heteroatoms. The van der Waals surface area contributed by atoms with Gasteiger partial charge in [0.2, 0.25) is 0 Å². The zero-order valence-corrected chi connectivity index (χ0v) is 12.4. The van der Waals surface area contributed by atoms with Gasteiger partial charge in [-0.2, -0.15) is 0 Å². The van der Waals surface area contributed by atoms with Gasteiger partial charge in [0.15, 0.2) is 11.5 Å². The predicted octanol–water partition coefficient (Wildman–Crippen LogP) is 2.52. The van der Waals surface area contributed by atoms with E-state index in [0.29, 0.717) is 13.2 Å². The minimum absolute atomic E-state index is 0.604. The number of hydrogen-bond acceptors (Lipinski definition) is 4. The standard InChI is InChI=1S/C16H24N2O2/c1-11-5-12(2)9-18(8-11)10-13-6-15-16(7-14(13)17)20-4-3-19-15/h6-7,11-12H,3-5,8-10,17H2,1-2H3. The Morgan fingerprint density at radius 1 is 1.10 bits per heavy atom. The first-order chi connectivity index (χ1) is 9.61. The molecule has 0 bridgehead atoms. The highest BCUT2D eigenvalue weighted by atomic mass is 16.6. The SMILES string of the molecule is CC1CC(C)CN(Cc2cc3c(cc2N)OCCO3)C1. The topological polar surface area (TPSA) is 47.7 Å². The number of ether oxygens (including phenoxy) is 2. The largest absolute Gasteiger partial charge is 0.486 e. The van der Waals surface area contributed by atoms with Crippen LogP contribution in [0, 0.1) is 11.8 Å². The van der Waals surface area contributed by atoms with Crippen LogP contribution in [-0.4, -0.2) is 31.2 Å². The van der Waals surface area contributed by atoms with Gasteiger partial charge in [-0.05, 0) is 29.9 Å². The van der Waals surface area contributed by atoms with Crippen molar-refractivity contribution in [2.24, 2.45) is 11.8 Å². The van der Waals surface area contributed by atoms with Gasteiger partial charge in [-0.25, -0.2) is 0 Å². The summed E-state index contributed by atoms with van der Waals surface area (Å²) in [6.45, 7) is 9.08. The zero-order valence-electron chi connectivity index (χ0n) is 12.4. The molecule has 0 amide bonds. The fraction of sp³-hybridized carbons (Fsp3) is 0.625. The van der Waals surface area contributed by atoms with Gasteiger partial charge in [0.25, 0.3) is 0 Å². The van der Waals surface area contributed by atoms with Gasteiger partial charge in [0.1, 0.15) is 13.2 Å². The molecule has 3 rings (SSSR count). The maximum Gasteiger partial charge on any atom is 0.163 e. The monoisotopic (exact) mass is 276 g/mol. The second-order valence-corrected chi connectivity index (χ2v) is 6.33. The first-order valence-electron chi connectivity index (χ1n) is 7.52. The second kappa shape index (κ2) is 5.52. The van der Waals surface area contributed by atoms with Crippen LogP contribution in [0.25, 0.3) is 0 Å². The van der Waals surface area contributed by atoms with Crippen LogP contribution in [-0.2, 0) is 6.54 Å². The van der Waals surface area contributed by atoms with Crippen molar-refractivity contribution in [3.8, 4) is 11.5 Å². The van der Waals surface area contributed by atoms with Crippen LogP contribution in [0.4, 0.5) is 5.69 Å². The molecule has 0 spiro atoms. The molecule has 2 heterocycles. The van der Waals surface area contributed by atoms with Crippen molar-refractivity contribution in [3.63, 3.8) is 0 Å². The van der Waals surface area contributed by atoms with E-state index < -0.39 is 0 Å². The third-order valence-corrected chi connectivity index (χ3v) is 4.14. The Labute approximate surface area is 120 Å². The van der Waals surface area contributed by atoms with E-state index in [1.54, 1.807) is 0 Å². The highest BCUT2D eigenvalue weighted by Gasteiger charge is 2.23. The third kappa shape index (κ3) is 2.85. The highest BCUT2D eigenvalue weighted by Crippen LogP contribution is 2.35. The molecule has 1 fully saturated rings. The quantitative estimate of drug-likeness (QED) is 0.843. The van der Waals surface area contributed by atoms with E-state index >= 15 is 0 Å². The molecule has 2 N–H and O–H groups in total. The normalized spacial score (nSPS) is 26.5. The number of rotatable bonds is 2. The predicted molar refractivity (Wildman–Crippen MR) is 80.1 cm³/mol. The van der Waals surface area contributed by atoms with Crippen LogP contribution >= 0.6 is 0 Å². The Morgan fingerprint density at radius 2 is 1.70 bits per heavy atom. The van der Waals surface area contributed by atoms with E-state index in [2.05, 4.69) is 18.7 Å². The first kappa shape index (κ1) is 13.6. The van der Waals surface area contributed by atoms with E-state index in [-0.39, 0.29) is 0 Å². The van der Waals surface area contributed by atoms with Crippen LogP contribution in [0.2, 0.25) is 0 Å². The Hall–Kier alpha value is -1.42. The molecule has 2 atom stereocenters. The fourth-order valence-corrected chi connectivity index (χ4v) is 3.45. The molecule has 2 aliphatic heterocycles. The molecule has 110 valence electrons. The van der Waals surface area contributed by atoms with Crippen LogP contribution in [0.15, 0.2) is 12.1 Å².